The van der Waals surface area contributed by atoms with Crippen LogP contribution in [-0.4, -0.2) is 38.9 Å². The molecule has 0 aliphatic carbocycles. The zero-order chi connectivity index (χ0) is 14.6. The third kappa shape index (κ3) is 3.79. The van der Waals surface area contributed by atoms with Crippen LogP contribution in [0.1, 0.15) is 37.8 Å². The van der Waals surface area contributed by atoms with Crippen molar-refractivity contribution in [2.45, 2.75) is 38.3 Å². The molecule has 1 aliphatic rings. The molecule has 0 bridgehead atoms. The highest BCUT2D eigenvalue weighted by atomic mass is 32.2. The summed E-state index contributed by atoms with van der Waals surface area (Å²) in [6.07, 6.45) is 2.96. The van der Waals surface area contributed by atoms with Gasteiger partial charge in [-0.3, -0.25) is 0 Å². The second-order valence-corrected chi connectivity index (χ2v) is 7.65. The number of piperidine rings is 1. The second-order valence-electron chi connectivity index (χ2n) is 5.22. The number of likely N-dealkylation sites (N-methyl/N-ethyl adjacent to an activating group) is 1. The Morgan fingerprint density at radius 3 is 2.95 bits per heavy atom. The molecule has 0 amide bonds. The molecule has 0 aromatic carbocycles. The minimum absolute atomic E-state index is 0.0564. The molecular formula is C13H23N3O2S2. The number of thiophene rings is 1. The fourth-order valence-electron chi connectivity index (χ4n) is 2.61. The molecule has 1 aromatic rings. The molecule has 0 radical (unpaired) electrons. The summed E-state index contributed by atoms with van der Waals surface area (Å²) >= 11 is 1.58. The fourth-order valence-corrected chi connectivity index (χ4v) is 5.02. The largest absolute Gasteiger partial charge is 0.318 e. The Kier molecular flexibility index (Phi) is 5.57. The van der Waals surface area contributed by atoms with Gasteiger partial charge in [-0.1, -0.05) is 6.42 Å². The van der Waals surface area contributed by atoms with Gasteiger partial charge in [-0.25, -0.2) is 0 Å². The molecule has 2 N–H and O–H groups in total. The molecule has 2 unspecified atom stereocenters. The number of nitrogens with zero attached hydrogens (tertiary/aromatic N) is 1. The normalized spacial score (nSPS) is 22.8. The zero-order valence-corrected chi connectivity index (χ0v) is 13.6. The van der Waals surface area contributed by atoms with Gasteiger partial charge < -0.3 is 5.32 Å². The molecule has 0 spiro atoms. The van der Waals surface area contributed by atoms with Gasteiger partial charge in [0.2, 0.25) is 0 Å². The SMILES string of the molecule is CNCC1CCCCN1S(=O)(=O)NC(C)c1ccsc1. The zero-order valence-electron chi connectivity index (χ0n) is 12.0. The maximum atomic E-state index is 12.6. The first kappa shape index (κ1) is 15.9. The lowest BCUT2D eigenvalue weighted by Crippen LogP contribution is -2.52. The molecule has 7 heteroatoms. The van der Waals surface area contributed by atoms with E-state index in [1.54, 1.807) is 15.6 Å². The van der Waals surface area contributed by atoms with Crippen molar-refractivity contribution in [3.8, 4) is 0 Å². The average Bonchev–Trinajstić information content (AvgIpc) is 2.93. The molecular weight excluding hydrogens is 294 g/mol. The van der Waals surface area contributed by atoms with Crippen LogP contribution < -0.4 is 10.0 Å². The summed E-state index contributed by atoms with van der Waals surface area (Å²) in [7, 11) is -1.57. The van der Waals surface area contributed by atoms with E-state index in [1.165, 1.54) is 0 Å². The van der Waals surface area contributed by atoms with Crippen molar-refractivity contribution in [3.05, 3.63) is 22.4 Å². The monoisotopic (exact) mass is 317 g/mol. The van der Waals surface area contributed by atoms with E-state index in [0.29, 0.717) is 13.1 Å². The molecule has 0 saturated carbocycles. The Morgan fingerprint density at radius 2 is 2.30 bits per heavy atom. The van der Waals surface area contributed by atoms with Gasteiger partial charge in [0.1, 0.15) is 0 Å². The number of hydrogen-bond acceptors (Lipinski definition) is 4. The topological polar surface area (TPSA) is 61.4 Å². The minimum atomic E-state index is -3.43. The highest BCUT2D eigenvalue weighted by Gasteiger charge is 2.32. The summed E-state index contributed by atoms with van der Waals surface area (Å²) in [5.74, 6) is 0. The van der Waals surface area contributed by atoms with Crippen LogP contribution in [0.3, 0.4) is 0 Å². The first-order valence-electron chi connectivity index (χ1n) is 7.00. The second kappa shape index (κ2) is 7.00. The summed E-state index contributed by atoms with van der Waals surface area (Å²) < 4.78 is 29.5. The third-order valence-corrected chi connectivity index (χ3v) is 6.14. The lowest BCUT2D eigenvalue weighted by molar-refractivity contribution is 0.245. The highest BCUT2D eigenvalue weighted by Crippen LogP contribution is 2.22. The predicted octanol–water partition coefficient (Wildman–Crippen LogP) is 1.72. The summed E-state index contributed by atoms with van der Waals surface area (Å²) in [5, 5.41) is 7.03. The lowest BCUT2D eigenvalue weighted by atomic mass is 10.1. The molecule has 2 heterocycles. The van der Waals surface area contributed by atoms with Crippen molar-refractivity contribution in [1.82, 2.24) is 14.3 Å². The van der Waals surface area contributed by atoms with Gasteiger partial charge in [-0.05, 0) is 49.2 Å². The van der Waals surface area contributed by atoms with Crippen molar-refractivity contribution in [3.63, 3.8) is 0 Å². The van der Waals surface area contributed by atoms with Crippen LogP contribution >= 0.6 is 11.3 Å². The van der Waals surface area contributed by atoms with Crippen LogP contribution in [0.15, 0.2) is 16.8 Å². The molecule has 1 aromatic heterocycles. The van der Waals surface area contributed by atoms with Gasteiger partial charge in [-0.2, -0.15) is 28.8 Å². The Morgan fingerprint density at radius 1 is 1.50 bits per heavy atom. The van der Waals surface area contributed by atoms with Gasteiger partial charge in [0.15, 0.2) is 0 Å². The Labute approximate surface area is 125 Å². The average molecular weight is 317 g/mol. The Hall–Kier alpha value is -0.470. The maximum absolute atomic E-state index is 12.6. The van der Waals surface area contributed by atoms with Crippen LogP contribution in [0.25, 0.3) is 0 Å². The Bertz CT molecular complexity index is 500. The molecule has 1 fully saturated rings. The van der Waals surface area contributed by atoms with Gasteiger partial charge >= 0.3 is 0 Å². The number of rotatable bonds is 6. The number of hydrogen-bond donors (Lipinski definition) is 2. The predicted molar refractivity (Wildman–Crippen MR) is 83.1 cm³/mol. The van der Waals surface area contributed by atoms with E-state index in [4.69, 9.17) is 0 Å². The first-order chi connectivity index (χ1) is 9.54. The van der Waals surface area contributed by atoms with Crippen LogP contribution in [0, 0.1) is 0 Å². The molecule has 20 heavy (non-hydrogen) atoms. The Balaban J connectivity index is 2.08. The number of nitrogens with one attached hydrogen (secondary N) is 2. The summed E-state index contributed by atoms with van der Waals surface area (Å²) in [5.41, 5.74) is 1.01. The molecule has 1 aliphatic heterocycles. The van der Waals surface area contributed by atoms with E-state index >= 15 is 0 Å². The van der Waals surface area contributed by atoms with Crippen LogP contribution in [0.2, 0.25) is 0 Å². The maximum Gasteiger partial charge on any atom is 0.280 e. The fraction of sp³-hybridized carbons (Fsp3) is 0.692. The van der Waals surface area contributed by atoms with Gasteiger partial charge in [-0.15, -0.1) is 0 Å². The molecule has 5 nitrogen and oxygen atoms in total. The molecule has 114 valence electrons. The van der Waals surface area contributed by atoms with E-state index in [0.717, 1.165) is 24.8 Å². The van der Waals surface area contributed by atoms with Gasteiger partial charge in [0, 0.05) is 25.2 Å². The van der Waals surface area contributed by atoms with Crippen molar-refractivity contribution in [2.24, 2.45) is 0 Å². The smallest absolute Gasteiger partial charge is 0.280 e. The van der Waals surface area contributed by atoms with Gasteiger partial charge in [0.05, 0.1) is 0 Å². The lowest BCUT2D eigenvalue weighted by Gasteiger charge is -2.35. The van der Waals surface area contributed by atoms with E-state index < -0.39 is 10.2 Å². The summed E-state index contributed by atoms with van der Waals surface area (Å²) in [4.78, 5) is 0. The van der Waals surface area contributed by atoms with Crippen molar-refractivity contribution in [2.75, 3.05) is 20.1 Å². The van der Waals surface area contributed by atoms with Crippen molar-refractivity contribution < 1.29 is 8.42 Å². The minimum Gasteiger partial charge on any atom is -0.318 e. The van der Waals surface area contributed by atoms with E-state index in [1.807, 2.05) is 30.8 Å². The molecule has 1 saturated heterocycles. The summed E-state index contributed by atoms with van der Waals surface area (Å²) in [6.45, 7) is 3.20. The van der Waals surface area contributed by atoms with E-state index in [-0.39, 0.29) is 12.1 Å². The van der Waals surface area contributed by atoms with E-state index in [2.05, 4.69) is 10.0 Å². The van der Waals surface area contributed by atoms with Crippen LogP contribution in [0.4, 0.5) is 0 Å². The van der Waals surface area contributed by atoms with Crippen LogP contribution in [0.5, 0.6) is 0 Å². The highest BCUT2D eigenvalue weighted by molar-refractivity contribution is 7.87. The third-order valence-electron chi connectivity index (χ3n) is 3.69. The van der Waals surface area contributed by atoms with Crippen molar-refractivity contribution in [1.29, 1.82) is 0 Å². The van der Waals surface area contributed by atoms with Crippen LogP contribution in [-0.2, 0) is 10.2 Å². The standard InChI is InChI=1S/C13H23N3O2S2/c1-11(12-6-8-19-10-12)15-20(17,18)16-7-4-3-5-13(16)9-14-2/h6,8,10-11,13-15H,3-5,7,9H2,1-2H3. The quantitative estimate of drug-likeness (QED) is 0.840. The first-order valence-corrected chi connectivity index (χ1v) is 9.38. The molecule has 2 atom stereocenters. The summed E-state index contributed by atoms with van der Waals surface area (Å²) in [6, 6.07) is 1.82. The van der Waals surface area contributed by atoms with Gasteiger partial charge in [0.25, 0.3) is 10.2 Å². The molecule has 2 rings (SSSR count). The van der Waals surface area contributed by atoms with E-state index in [9.17, 15) is 8.42 Å². The van der Waals surface area contributed by atoms with Crippen molar-refractivity contribution >= 4 is 21.5 Å².